The fraction of sp³-hybridized carbons (Fsp3) is 1.00. The first-order valence-electron chi connectivity index (χ1n) is 5.87. The predicted molar refractivity (Wildman–Crippen MR) is 65.5 cm³/mol. The van der Waals surface area contributed by atoms with Gasteiger partial charge in [-0.25, -0.2) is 0 Å². The second-order valence-corrected chi connectivity index (χ2v) is 5.83. The zero-order valence-electron chi connectivity index (χ0n) is 11.2. The van der Waals surface area contributed by atoms with E-state index in [-0.39, 0.29) is 0 Å². The van der Waals surface area contributed by atoms with Crippen LogP contribution in [0.1, 0.15) is 67.7 Å². The van der Waals surface area contributed by atoms with Crippen LogP contribution in [0, 0.1) is 11.8 Å². The van der Waals surface area contributed by atoms with Gasteiger partial charge in [-0.05, 0) is 32.1 Å². The molecule has 0 spiro atoms. The Morgan fingerprint density at radius 1 is 1.00 bits per heavy atom. The smallest absolute Gasteiger partial charge is 0.0591 e. The average Bonchev–Trinajstić information content (AvgIpc) is 1.80. The van der Waals surface area contributed by atoms with E-state index in [4.69, 9.17) is 0 Å². The third kappa shape index (κ3) is 29.7. The molecule has 0 saturated heterocycles. The Bertz CT molecular complexity index is 106. The van der Waals surface area contributed by atoms with Gasteiger partial charge in [0.25, 0.3) is 0 Å². The standard InChI is InChI=1S/C9H20O.C4H10/c1-8(2)6-5-7-9(3,4)10;1-4(2)3/h8,10H,5-7H2,1-4H3;4H,1-3H3. The first-order chi connectivity index (χ1) is 6.15. The molecule has 0 aromatic carbocycles. The molecule has 0 atom stereocenters. The molecule has 0 aliphatic heterocycles. The Balaban J connectivity index is 0. The van der Waals surface area contributed by atoms with Crippen molar-refractivity contribution in [2.45, 2.75) is 73.3 Å². The summed E-state index contributed by atoms with van der Waals surface area (Å²) in [6.45, 7) is 14.7. The van der Waals surface area contributed by atoms with Crippen molar-refractivity contribution in [3.8, 4) is 0 Å². The summed E-state index contributed by atoms with van der Waals surface area (Å²) in [7, 11) is 0. The fourth-order valence-corrected chi connectivity index (χ4v) is 0.943. The van der Waals surface area contributed by atoms with E-state index in [1.807, 2.05) is 13.8 Å². The number of hydrogen-bond acceptors (Lipinski definition) is 1. The SMILES string of the molecule is CC(C)C.CC(C)CCCC(C)(C)O. The predicted octanol–water partition coefficient (Wildman–Crippen LogP) is 4.25. The maximum Gasteiger partial charge on any atom is 0.0591 e. The van der Waals surface area contributed by atoms with Gasteiger partial charge in [0.1, 0.15) is 0 Å². The van der Waals surface area contributed by atoms with Crippen LogP contribution < -0.4 is 0 Å². The average molecular weight is 202 g/mol. The third-order valence-electron chi connectivity index (χ3n) is 1.57. The molecule has 0 saturated carbocycles. The summed E-state index contributed by atoms with van der Waals surface area (Å²) in [5, 5.41) is 9.33. The largest absolute Gasteiger partial charge is 0.390 e. The normalized spacial score (nSPS) is 11.6. The molecule has 0 heterocycles. The van der Waals surface area contributed by atoms with Crippen LogP contribution >= 0.6 is 0 Å². The minimum atomic E-state index is -0.463. The van der Waals surface area contributed by atoms with Crippen molar-refractivity contribution in [2.75, 3.05) is 0 Å². The third-order valence-corrected chi connectivity index (χ3v) is 1.57. The van der Waals surface area contributed by atoms with Crippen LogP contribution in [-0.4, -0.2) is 10.7 Å². The van der Waals surface area contributed by atoms with Gasteiger partial charge in [-0.3, -0.25) is 0 Å². The fourth-order valence-electron chi connectivity index (χ4n) is 0.943. The highest BCUT2D eigenvalue weighted by Gasteiger charge is 2.11. The first-order valence-corrected chi connectivity index (χ1v) is 5.87. The molecule has 0 radical (unpaired) electrons. The highest BCUT2D eigenvalue weighted by atomic mass is 16.3. The quantitative estimate of drug-likeness (QED) is 0.722. The van der Waals surface area contributed by atoms with Gasteiger partial charge in [-0.15, -0.1) is 0 Å². The summed E-state index contributed by atoms with van der Waals surface area (Å²) >= 11 is 0. The molecular formula is C13H30O. The summed E-state index contributed by atoms with van der Waals surface area (Å²) in [6, 6.07) is 0. The van der Waals surface area contributed by atoms with Crippen molar-refractivity contribution in [2.24, 2.45) is 11.8 Å². The van der Waals surface area contributed by atoms with Gasteiger partial charge < -0.3 is 5.11 Å². The molecule has 0 aromatic heterocycles. The maximum absolute atomic E-state index is 9.33. The second-order valence-electron chi connectivity index (χ2n) is 5.83. The molecular weight excluding hydrogens is 172 g/mol. The minimum Gasteiger partial charge on any atom is -0.390 e. The maximum atomic E-state index is 9.33. The Hall–Kier alpha value is -0.0400. The van der Waals surface area contributed by atoms with Gasteiger partial charge in [0.2, 0.25) is 0 Å². The van der Waals surface area contributed by atoms with Gasteiger partial charge >= 0.3 is 0 Å². The lowest BCUT2D eigenvalue weighted by atomic mass is 9.98. The van der Waals surface area contributed by atoms with Crippen LogP contribution in [0.15, 0.2) is 0 Å². The zero-order chi connectivity index (χ0) is 11.8. The van der Waals surface area contributed by atoms with E-state index in [0.717, 1.165) is 24.7 Å². The monoisotopic (exact) mass is 202 g/mol. The molecule has 1 heteroatoms. The summed E-state index contributed by atoms with van der Waals surface area (Å²) < 4.78 is 0. The van der Waals surface area contributed by atoms with Crippen LogP contribution in [0.5, 0.6) is 0 Å². The molecule has 1 N–H and O–H groups in total. The minimum absolute atomic E-state index is 0.463. The van der Waals surface area contributed by atoms with E-state index in [2.05, 4.69) is 34.6 Å². The summed E-state index contributed by atoms with van der Waals surface area (Å²) in [5.41, 5.74) is -0.463. The Morgan fingerprint density at radius 3 is 1.57 bits per heavy atom. The Labute approximate surface area is 90.9 Å². The molecule has 0 unspecified atom stereocenters. The number of aliphatic hydroxyl groups is 1. The number of hydrogen-bond donors (Lipinski definition) is 1. The lowest BCUT2D eigenvalue weighted by Crippen LogP contribution is -2.18. The molecule has 0 bridgehead atoms. The summed E-state index contributed by atoms with van der Waals surface area (Å²) in [4.78, 5) is 0. The molecule has 0 fully saturated rings. The summed E-state index contributed by atoms with van der Waals surface area (Å²) in [6.07, 6.45) is 3.29. The highest BCUT2D eigenvalue weighted by Crippen LogP contribution is 2.14. The van der Waals surface area contributed by atoms with Gasteiger partial charge in [0, 0.05) is 0 Å². The molecule has 14 heavy (non-hydrogen) atoms. The van der Waals surface area contributed by atoms with Gasteiger partial charge in [0.05, 0.1) is 5.60 Å². The topological polar surface area (TPSA) is 20.2 Å². The van der Waals surface area contributed by atoms with E-state index in [1.165, 1.54) is 6.42 Å². The molecule has 0 aliphatic rings. The molecule has 0 aromatic rings. The van der Waals surface area contributed by atoms with Gasteiger partial charge in [-0.1, -0.05) is 47.5 Å². The van der Waals surface area contributed by atoms with Crippen LogP contribution in [0.4, 0.5) is 0 Å². The van der Waals surface area contributed by atoms with Crippen LogP contribution in [-0.2, 0) is 0 Å². The van der Waals surface area contributed by atoms with Gasteiger partial charge in [0.15, 0.2) is 0 Å². The molecule has 0 amide bonds. The van der Waals surface area contributed by atoms with Crippen molar-refractivity contribution in [3.05, 3.63) is 0 Å². The van der Waals surface area contributed by atoms with Crippen molar-refractivity contribution in [1.29, 1.82) is 0 Å². The van der Waals surface area contributed by atoms with E-state index in [9.17, 15) is 5.11 Å². The molecule has 0 aliphatic carbocycles. The molecule has 1 nitrogen and oxygen atoms in total. The van der Waals surface area contributed by atoms with E-state index in [1.54, 1.807) is 0 Å². The van der Waals surface area contributed by atoms with E-state index in [0.29, 0.717) is 0 Å². The lowest BCUT2D eigenvalue weighted by molar-refractivity contribution is 0.0672. The van der Waals surface area contributed by atoms with Crippen LogP contribution in [0.3, 0.4) is 0 Å². The number of rotatable bonds is 4. The zero-order valence-corrected chi connectivity index (χ0v) is 11.2. The summed E-state index contributed by atoms with van der Waals surface area (Å²) in [5.74, 6) is 1.60. The van der Waals surface area contributed by atoms with Gasteiger partial charge in [-0.2, -0.15) is 0 Å². The second kappa shape index (κ2) is 8.28. The highest BCUT2D eigenvalue weighted by molar-refractivity contribution is 4.64. The van der Waals surface area contributed by atoms with E-state index >= 15 is 0 Å². The molecule has 0 rings (SSSR count). The Kier molecular flexibility index (Phi) is 9.70. The lowest BCUT2D eigenvalue weighted by Gasteiger charge is -2.16. The van der Waals surface area contributed by atoms with E-state index < -0.39 is 5.60 Å². The Morgan fingerprint density at radius 2 is 1.36 bits per heavy atom. The van der Waals surface area contributed by atoms with Crippen molar-refractivity contribution in [3.63, 3.8) is 0 Å². The van der Waals surface area contributed by atoms with Crippen molar-refractivity contribution in [1.82, 2.24) is 0 Å². The first kappa shape index (κ1) is 16.4. The molecule has 88 valence electrons. The van der Waals surface area contributed by atoms with Crippen molar-refractivity contribution >= 4 is 0 Å². The van der Waals surface area contributed by atoms with Crippen molar-refractivity contribution < 1.29 is 5.11 Å². The van der Waals surface area contributed by atoms with Crippen LogP contribution in [0.25, 0.3) is 0 Å². The van der Waals surface area contributed by atoms with Crippen LogP contribution in [0.2, 0.25) is 0 Å².